The molecule has 0 radical (unpaired) electrons. The molecule has 0 aliphatic carbocycles. The SMILES string of the molecule is Cc1cc(F)ccc1NS(=O)(=O)c1ccc2c(c1)NC(=O)[C@@H](C(=O)N1CCC(C)CC1)S2. The van der Waals surface area contributed by atoms with Crippen molar-refractivity contribution >= 4 is 45.0 Å². The van der Waals surface area contributed by atoms with E-state index in [4.69, 9.17) is 0 Å². The summed E-state index contributed by atoms with van der Waals surface area (Å²) in [7, 11) is -3.96. The van der Waals surface area contributed by atoms with E-state index in [-0.39, 0.29) is 16.5 Å². The topological polar surface area (TPSA) is 95.6 Å². The van der Waals surface area contributed by atoms with E-state index >= 15 is 0 Å². The standard InChI is InChI=1S/C22H24FN3O4S2/c1-13-7-9-26(10-8-13)22(28)20-21(27)24-18-12-16(4-6-19(18)31-20)32(29,30)25-17-5-3-15(23)11-14(17)2/h3-6,11-13,20,25H,7-10H2,1-2H3,(H,24,27)/t20-/m0/s1. The number of aryl methyl sites for hydroxylation is 1. The minimum absolute atomic E-state index is 0.0457. The van der Waals surface area contributed by atoms with Crippen LogP contribution in [0.3, 0.4) is 0 Å². The number of nitrogens with one attached hydrogen (secondary N) is 2. The van der Waals surface area contributed by atoms with Crippen LogP contribution < -0.4 is 10.0 Å². The lowest BCUT2D eigenvalue weighted by molar-refractivity contribution is -0.135. The molecule has 2 heterocycles. The van der Waals surface area contributed by atoms with Crippen molar-refractivity contribution in [3.05, 3.63) is 47.8 Å². The molecule has 0 aromatic heterocycles. The number of rotatable bonds is 4. The van der Waals surface area contributed by atoms with E-state index in [1.807, 2.05) is 0 Å². The van der Waals surface area contributed by atoms with Crippen molar-refractivity contribution < 1.29 is 22.4 Å². The number of hydrogen-bond donors (Lipinski definition) is 2. The number of nitrogens with zero attached hydrogens (tertiary/aromatic N) is 1. The first-order valence-corrected chi connectivity index (χ1v) is 12.7. The molecule has 2 aliphatic rings. The van der Waals surface area contributed by atoms with Crippen LogP contribution in [0.25, 0.3) is 0 Å². The molecule has 1 fully saturated rings. The lowest BCUT2D eigenvalue weighted by Crippen LogP contribution is -2.47. The molecule has 0 spiro atoms. The van der Waals surface area contributed by atoms with Gasteiger partial charge in [-0.1, -0.05) is 6.92 Å². The minimum atomic E-state index is -3.96. The lowest BCUT2D eigenvalue weighted by Gasteiger charge is -2.33. The van der Waals surface area contributed by atoms with E-state index in [1.54, 1.807) is 17.9 Å². The van der Waals surface area contributed by atoms with Crippen LogP contribution in [-0.2, 0) is 19.6 Å². The maximum absolute atomic E-state index is 13.3. The van der Waals surface area contributed by atoms with E-state index in [0.717, 1.165) is 24.6 Å². The fourth-order valence-electron chi connectivity index (χ4n) is 3.76. The number of carbonyl (C=O) groups excluding carboxylic acids is 2. The van der Waals surface area contributed by atoms with E-state index in [0.29, 0.717) is 35.2 Å². The number of fused-ring (bicyclic) bond motifs is 1. The van der Waals surface area contributed by atoms with Crippen molar-refractivity contribution in [1.29, 1.82) is 0 Å². The number of halogens is 1. The fourth-order valence-corrected chi connectivity index (χ4v) is 5.97. The van der Waals surface area contributed by atoms with Crippen molar-refractivity contribution in [1.82, 2.24) is 4.90 Å². The van der Waals surface area contributed by atoms with Gasteiger partial charge in [-0.3, -0.25) is 14.3 Å². The maximum atomic E-state index is 13.3. The van der Waals surface area contributed by atoms with Gasteiger partial charge in [-0.2, -0.15) is 0 Å². The summed E-state index contributed by atoms with van der Waals surface area (Å²) < 4.78 is 41.4. The van der Waals surface area contributed by atoms with Crippen LogP contribution in [0.5, 0.6) is 0 Å². The second-order valence-electron chi connectivity index (χ2n) is 8.22. The second kappa shape index (κ2) is 8.74. The smallest absolute Gasteiger partial charge is 0.261 e. The number of amides is 2. The highest BCUT2D eigenvalue weighted by atomic mass is 32.2. The molecule has 32 heavy (non-hydrogen) atoms. The van der Waals surface area contributed by atoms with Gasteiger partial charge in [0.15, 0.2) is 5.25 Å². The second-order valence-corrected chi connectivity index (χ2v) is 11.0. The molecule has 0 saturated carbocycles. The van der Waals surface area contributed by atoms with Gasteiger partial charge >= 0.3 is 0 Å². The van der Waals surface area contributed by atoms with Gasteiger partial charge in [-0.15, -0.1) is 11.8 Å². The molecule has 2 N–H and O–H groups in total. The molecular formula is C22H24FN3O4S2. The van der Waals surface area contributed by atoms with Crippen LogP contribution in [0.4, 0.5) is 15.8 Å². The summed E-state index contributed by atoms with van der Waals surface area (Å²) in [4.78, 5) is 27.8. The van der Waals surface area contributed by atoms with Gasteiger partial charge in [0.2, 0.25) is 11.8 Å². The Morgan fingerprint density at radius 3 is 2.59 bits per heavy atom. The average Bonchev–Trinajstić information content (AvgIpc) is 2.75. The van der Waals surface area contributed by atoms with Gasteiger partial charge in [0.05, 0.1) is 16.3 Å². The van der Waals surface area contributed by atoms with Crippen molar-refractivity contribution in [2.75, 3.05) is 23.1 Å². The van der Waals surface area contributed by atoms with Crippen molar-refractivity contribution in [3.63, 3.8) is 0 Å². The summed E-state index contributed by atoms with van der Waals surface area (Å²) in [5.74, 6) is -0.555. The number of benzene rings is 2. The van der Waals surface area contributed by atoms with Crippen molar-refractivity contribution in [2.45, 2.75) is 41.7 Å². The Kier molecular flexibility index (Phi) is 6.17. The summed E-state index contributed by atoms with van der Waals surface area (Å²) in [5, 5.41) is 1.79. The minimum Gasteiger partial charge on any atom is -0.341 e. The molecule has 1 saturated heterocycles. The Bertz CT molecular complexity index is 1180. The molecular weight excluding hydrogens is 453 g/mol. The zero-order valence-corrected chi connectivity index (χ0v) is 19.4. The Balaban J connectivity index is 1.52. The van der Waals surface area contributed by atoms with Crippen LogP contribution in [0, 0.1) is 18.7 Å². The molecule has 0 unspecified atom stereocenters. The molecule has 0 bridgehead atoms. The first-order valence-electron chi connectivity index (χ1n) is 10.3. The predicted molar refractivity (Wildman–Crippen MR) is 122 cm³/mol. The number of likely N-dealkylation sites (tertiary alicyclic amines) is 1. The fraction of sp³-hybridized carbons (Fsp3) is 0.364. The zero-order valence-electron chi connectivity index (χ0n) is 17.7. The van der Waals surface area contributed by atoms with Crippen molar-refractivity contribution in [3.8, 4) is 0 Å². The summed E-state index contributed by atoms with van der Waals surface area (Å²) >= 11 is 1.13. The van der Waals surface area contributed by atoms with Crippen LogP contribution in [0.1, 0.15) is 25.3 Å². The number of thioether (sulfide) groups is 1. The van der Waals surface area contributed by atoms with E-state index < -0.39 is 27.0 Å². The maximum Gasteiger partial charge on any atom is 0.261 e. The largest absolute Gasteiger partial charge is 0.341 e. The Labute approximate surface area is 190 Å². The summed E-state index contributed by atoms with van der Waals surface area (Å²) in [5.41, 5.74) is 1.06. The number of carbonyl (C=O) groups is 2. The van der Waals surface area contributed by atoms with Gasteiger partial charge in [0, 0.05) is 18.0 Å². The lowest BCUT2D eigenvalue weighted by atomic mass is 9.99. The number of anilines is 2. The Morgan fingerprint density at radius 2 is 1.91 bits per heavy atom. The number of hydrogen-bond acceptors (Lipinski definition) is 5. The molecule has 7 nitrogen and oxygen atoms in total. The summed E-state index contributed by atoms with van der Waals surface area (Å²) in [6, 6.07) is 8.15. The first kappa shape index (κ1) is 22.6. The highest BCUT2D eigenvalue weighted by Gasteiger charge is 2.37. The van der Waals surface area contributed by atoms with Gasteiger partial charge in [-0.05, 0) is 67.6 Å². The molecule has 170 valence electrons. The molecule has 2 aromatic carbocycles. The zero-order chi connectivity index (χ0) is 23.0. The first-order chi connectivity index (χ1) is 15.1. The number of sulfonamides is 1. The van der Waals surface area contributed by atoms with Gasteiger partial charge in [0.25, 0.3) is 10.0 Å². The monoisotopic (exact) mass is 477 g/mol. The molecule has 10 heteroatoms. The molecule has 4 rings (SSSR count). The molecule has 2 amide bonds. The third kappa shape index (κ3) is 4.61. The highest BCUT2D eigenvalue weighted by Crippen LogP contribution is 2.38. The number of piperidine rings is 1. The summed E-state index contributed by atoms with van der Waals surface area (Å²) in [6.45, 7) is 5.04. The third-order valence-corrected chi connectivity index (χ3v) is 8.38. The van der Waals surface area contributed by atoms with Crippen LogP contribution in [-0.4, -0.2) is 43.5 Å². The van der Waals surface area contributed by atoms with Crippen LogP contribution in [0.2, 0.25) is 0 Å². The van der Waals surface area contributed by atoms with Crippen molar-refractivity contribution in [2.24, 2.45) is 5.92 Å². The average molecular weight is 478 g/mol. The van der Waals surface area contributed by atoms with E-state index in [2.05, 4.69) is 17.0 Å². The third-order valence-electron chi connectivity index (χ3n) is 5.75. The summed E-state index contributed by atoms with van der Waals surface area (Å²) in [6.07, 6.45) is 1.84. The normalized spacial score (nSPS) is 19.3. The Morgan fingerprint density at radius 1 is 1.19 bits per heavy atom. The predicted octanol–water partition coefficient (Wildman–Crippen LogP) is 3.61. The van der Waals surface area contributed by atoms with Gasteiger partial charge in [0.1, 0.15) is 5.82 Å². The highest BCUT2D eigenvalue weighted by molar-refractivity contribution is 8.01. The molecule has 1 atom stereocenters. The van der Waals surface area contributed by atoms with Gasteiger partial charge in [-0.25, -0.2) is 12.8 Å². The van der Waals surface area contributed by atoms with E-state index in [9.17, 15) is 22.4 Å². The van der Waals surface area contributed by atoms with Crippen LogP contribution in [0.15, 0.2) is 46.2 Å². The van der Waals surface area contributed by atoms with Gasteiger partial charge < -0.3 is 10.2 Å². The quantitative estimate of drug-likeness (QED) is 0.656. The van der Waals surface area contributed by atoms with Crippen LogP contribution >= 0.6 is 11.8 Å². The Hall–Kier alpha value is -2.59. The molecule has 2 aliphatic heterocycles. The molecule has 2 aromatic rings. The van der Waals surface area contributed by atoms with E-state index in [1.165, 1.54) is 30.3 Å².